The van der Waals surface area contributed by atoms with Gasteiger partial charge in [0.1, 0.15) is 18.2 Å². The molecule has 0 saturated heterocycles. The fourth-order valence-corrected chi connectivity index (χ4v) is 4.17. The summed E-state index contributed by atoms with van der Waals surface area (Å²) in [4.78, 5) is 15.1. The van der Waals surface area contributed by atoms with E-state index in [1.165, 1.54) is 5.56 Å². The molecule has 4 nitrogen and oxygen atoms in total. The lowest BCUT2D eigenvalue weighted by Gasteiger charge is -2.30. The van der Waals surface area contributed by atoms with E-state index >= 15 is 0 Å². The molecule has 3 aromatic carbocycles. The second-order valence-corrected chi connectivity index (χ2v) is 8.21. The first kappa shape index (κ1) is 19.9. The Morgan fingerprint density at radius 1 is 1.06 bits per heavy atom. The van der Waals surface area contributed by atoms with E-state index in [0.717, 1.165) is 33.9 Å². The molecule has 2 heterocycles. The van der Waals surface area contributed by atoms with Crippen molar-refractivity contribution in [3.8, 4) is 11.5 Å². The average Bonchev–Trinajstić information content (AvgIpc) is 3.11. The molecule has 0 radical (unpaired) electrons. The second kappa shape index (κ2) is 8.22. The van der Waals surface area contributed by atoms with E-state index in [-0.39, 0.29) is 5.78 Å². The normalized spacial score (nSPS) is 16.6. The van der Waals surface area contributed by atoms with Gasteiger partial charge in [0.25, 0.3) is 0 Å². The smallest absolute Gasteiger partial charge is 0.231 e. The van der Waals surface area contributed by atoms with Gasteiger partial charge in [-0.2, -0.15) is 0 Å². The molecule has 0 fully saturated rings. The lowest BCUT2D eigenvalue weighted by Crippen LogP contribution is -2.31. The van der Waals surface area contributed by atoms with Gasteiger partial charge < -0.3 is 9.47 Å². The van der Waals surface area contributed by atoms with Crippen LogP contribution in [0.5, 0.6) is 11.5 Å². The van der Waals surface area contributed by atoms with Crippen molar-refractivity contribution in [1.29, 1.82) is 0 Å². The fourth-order valence-electron chi connectivity index (χ4n) is 3.97. The topological polar surface area (TPSA) is 38.8 Å². The molecule has 0 aliphatic carbocycles. The van der Waals surface area contributed by atoms with Crippen LogP contribution in [0.4, 0.5) is 0 Å². The quantitative estimate of drug-likeness (QED) is 0.484. The summed E-state index contributed by atoms with van der Waals surface area (Å²) in [5.41, 5.74) is 4.72. The predicted molar refractivity (Wildman–Crippen MR) is 121 cm³/mol. The van der Waals surface area contributed by atoms with E-state index in [4.69, 9.17) is 21.1 Å². The molecule has 0 spiro atoms. The third-order valence-corrected chi connectivity index (χ3v) is 6.09. The molecule has 156 valence electrons. The van der Waals surface area contributed by atoms with Crippen molar-refractivity contribution in [3.63, 3.8) is 0 Å². The first-order valence-corrected chi connectivity index (χ1v) is 10.8. The molecule has 0 atom stereocenters. The van der Waals surface area contributed by atoms with Crippen LogP contribution >= 0.6 is 11.6 Å². The van der Waals surface area contributed by atoms with Gasteiger partial charge in [-0.05, 0) is 47.4 Å². The number of halogens is 1. The van der Waals surface area contributed by atoms with E-state index in [1.807, 2.05) is 42.5 Å². The molecule has 0 unspecified atom stereocenters. The number of allylic oxidation sites excluding steroid dienone is 1. The monoisotopic (exact) mass is 431 g/mol. The number of aryl methyl sites for hydroxylation is 1. The second-order valence-electron chi connectivity index (χ2n) is 7.81. The average molecular weight is 432 g/mol. The summed E-state index contributed by atoms with van der Waals surface area (Å²) < 4.78 is 12.0. The number of benzene rings is 3. The number of nitrogens with zero attached hydrogens (tertiary/aromatic N) is 1. The van der Waals surface area contributed by atoms with Crippen LogP contribution in [0.2, 0.25) is 5.02 Å². The number of carbonyl (C=O) groups is 1. The Morgan fingerprint density at radius 3 is 2.65 bits per heavy atom. The Labute approximate surface area is 186 Å². The van der Waals surface area contributed by atoms with Gasteiger partial charge in [0.05, 0.1) is 11.1 Å². The highest BCUT2D eigenvalue weighted by atomic mass is 35.5. The SMILES string of the molecule is CCc1ccc(/C=C2\Oc3c(ccc4c3CN(Cc3ccccc3Cl)CO4)C2=O)cc1. The maximum absolute atomic E-state index is 13.0. The van der Waals surface area contributed by atoms with E-state index in [1.54, 1.807) is 12.1 Å². The molecular formula is C26H22ClNO3. The Morgan fingerprint density at radius 2 is 1.87 bits per heavy atom. The van der Waals surface area contributed by atoms with Crippen LogP contribution in [0.25, 0.3) is 6.08 Å². The molecule has 0 bridgehead atoms. The van der Waals surface area contributed by atoms with Crippen LogP contribution in [0, 0.1) is 0 Å². The first-order chi connectivity index (χ1) is 15.1. The van der Waals surface area contributed by atoms with E-state index in [2.05, 4.69) is 24.0 Å². The summed E-state index contributed by atoms with van der Waals surface area (Å²) in [6.07, 6.45) is 2.79. The van der Waals surface area contributed by atoms with Gasteiger partial charge in [0.15, 0.2) is 5.76 Å². The van der Waals surface area contributed by atoms with Gasteiger partial charge in [-0.15, -0.1) is 0 Å². The van der Waals surface area contributed by atoms with Gasteiger partial charge in [0, 0.05) is 18.1 Å². The molecule has 5 rings (SSSR count). The summed E-state index contributed by atoms with van der Waals surface area (Å²) >= 11 is 6.33. The number of ether oxygens (including phenoxy) is 2. The lowest BCUT2D eigenvalue weighted by molar-refractivity contribution is 0.0873. The summed E-state index contributed by atoms with van der Waals surface area (Å²) in [7, 11) is 0. The molecule has 31 heavy (non-hydrogen) atoms. The first-order valence-electron chi connectivity index (χ1n) is 10.4. The summed E-state index contributed by atoms with van der Waals surface area (Å²) in [5.74, 6) is 1.61. The van der Waals surface area contributed by atoms with Crippen molar-refractivity contribution in [2.24, 2.45) is 0 Å². The number of carbonyl (C=O) groups excluding carboxylic acids is 1. The van der Waals surface area contributed by atoms with Crippen LogP contribution in [0.1, 0.15) is 39.5 Å². The zero-order valence-electron chi connectivity index (χ0n) is 17.2. The van der Waals surface area contributed by atoms with Gasteiger partial charge >= 0.3 is 0 Å². The summed E-state index contributed by atoms with van der Waals surface area (Å²) in [5, 5.41) is 0.734. The number of Topliss-reactive ketones (excluding diaryl/α,β-unsaturated/α-hetero) is 1. The predicted octanol–water partition coefficient (Wildman–Crippen LogP) is 5.87. The third-order valence-electron chi connectivity index (χ3n) is 5.72. The fraction of sp³-hybridized carbons (Fsp3) is 0.192. The molecular weight excluding hydrogens is 410 g/mol. The van der Waals surface area contributed by atoms with Crippen molar-refractivity contribution in [1.82, 2.24) is 4.90 Å². The van der Waals surface area contributed by atoms with Crippen LogP contribution in [0.15, 0.2) is 66.4 Å². The molecule has 0 N–H and O–H groups in total. The molecule has 0 aromatic heterocycles. The van der Waals surface area contributed by atoms with Crippen LogP contribution in [-0.4, -0.2) is 17.4 Å². The highest BCUT2D eigenvalue weighted by molar-refractivity contribution is 6.31. The maximum atomic E-state index is 13.0. The van der Waals surface area contributed by atoms with Crippen molar-refractivity contribution < 1.29 is 14.3 Å². The van der Waals surface area contributed by atoms with E-state index in [0.29, 0.717) is 36.9 Å². The highest BCUT2D eigenvalue weighted by Gasteiger charge is 2.33. The van der Waals surface area contributed by atoms with Crippen molar-refractivity contribution >= 4 is 23.5 Å². The third kappa shape index (κ3) is 3.85. The van der Waals surface area contributed by atoms with Gasteiger partial charge in [0.2, 0.25) is 5.78 Å². The lowest BCUT2D eigenvalue weighted by atomic mass is 10.0. The zero-order valence-corrected chi connectivity index (χ0v) is 18.0. The van der Waals surface area contributed by atoms with Gasteiger partial charge in [-0.25, -0.2) is 0 Å². The summed E-state index contributed by atoms with van der Waals surface area (Å²) in [6.45, 7) is 3.85. The number of fused-ring (bicyclic) bond motifs is 3. The Bertz CT molecular complexity index is 1180. The standard InChI is InChI=1S/C26H22ClNO3/c1-2-17-7-9-18(10-8-17)13-24-25(29)20-11-12-23-21(26(20)31-24)15-28(16-30-23)14-19-5-3-4-6-22(19)27/h3-13H,2,14-16H2,1H3/b24-13-. The van der Waals surface area contributed by atoms with Crippen LogP contribution < -0.4 is 9.47 Å². The number of hydrogen-bond donors (Lipinski definition) is 0. The van der Waals surface area contributed by atoms with E-state index < -0.39 is 0 Å². The molecule has 0 amide bonds. The van der Waals surface area contributed by atoms with Crippen molar-refractivity contribution in [2.45, 2.75) is 26.4 Å². The number of ketones is 1. The summed E-state index contributed by atoms with van der Waals surface area (Å²) in [6, 6.07) is 19.6. The molecule has 3 aromatic rings. The van der Waals surface area contributed by atoms with Crippen LogP contribution in [-0.2, 0) is 19.5 Å². The Balaban J connectivity index is 1.41. The molecule has 2 aliphatic rings. The van der Waals surface area contributed by atoms with E-state index in [9.17, 15) is 4.79 Å². The minimum atomic E-state index is -0.0967. The van der Waals surface area contributed by atoms with Gasteiger partial charge in [-0.3, -0.25) is 9.69 Å². The maximum Gasteiger partial charge on any atom is 0.231 e. The Hall–Kier alpha value is -3.08. The number of hydrogen-bond acceptors (Lipinski definition) is 4. The molecule has 5 heteroatoms. The molecule has 0 saturated carbocycles. The van der Waals surface area contributed by atoms with Gasteiger partial charge in [-0.1, -0.05) is 61.0 Å². The minimum absolute atomic E-state index is 0.0967. The van der Waals surface area contributed by atoms with Crippen molar-refractivity contribution in [3.05, 3.63) is 99.3 Å². The number of rotatable bonds is 4. The minimum Gasteiger partial charge on any atom is -0.478 e. The van der Waals surface area contributed by atoms with Crippen LogP contribution in [0.3, 0.4) is 0 Å². The molecule has 2 aliphatic heterocycles. The zero-order chi connectivity index (χ0) is 21.4. The Kier molecular flexibility index (Phi) is 5.26. The highest BCUT2D eigenvalue weighted by Crippen LogP contribution is 2.42. The largest absolute Gasteiger partial charge is 0.478 e. The van der Waals surface area contributed by atoms with Crippen molar-refractivity contribution in [2.75, 3.05) is 6.73 Å².